The van der Waals surface area contributed by atoms with Crippen molar-refractivity contribution in [2.24, 2.45) is 0 Å². The van der Waals surface area contributed by atoms with E-state index in [0.717, 1.165) is 28.9 Å². The fourth-order valence-corrected chi connectivity index (χ4v) is 3.81. The molecule has 0 bridgehead atoms. The molecular weight excluding hydrogens is 458 g/mol. The number of halogens is 2. The molecule has 1 unspecified atom stereocenters. The molecule has 1 N–H and O–H groups in total. The summed E-state index contributed by atoms with van der Waals surface area (Å²) in [7, 11) is 0. The first-order chi connectivity index (χ1) is 17.2. The first-order valence-corrected chi connectivity index (χ1v) is 11.0. The van der Waals surface area contributed by atoms with Gasteiger partial charge < -0.3 is 19.1 Å². The summed E-state index contributed by atoms with van der Waals surface area (Å²) in [6.45, 7) is -1.93. The largest absolute Gasteiger partial charge is 0.461 e. The van der Waals surface area contributed by atoms with Crippen LogP contribution in [0.25, 0.3) is 11.4 Å². The minimum absolute atomic E-state index is 0.0481. The fraction of sp³-hybridized carbons (Fsp3) is 0.250. The zero-order valence-electron chi connectivity index (χ0n) is 18.6. The molecule has 0 amide bonds. The Morgan fingerprint density at radius 2 is 1.94 bits per heavy atom. The molecule has 2 aromatic heterocycles. The highest BCUT2D eigenvalue weighted by atomic mass is 19.3. The lowest BCUT2D eigenvalue weighted by Gasteiger charge is -2.27. The number of hydrogen-bond donors (Lipinski definition) is 1. The van der Waals surface area contributed by atoms with Gasteiger partial charge in [0.25, 0.3) is 0 Å². The molecule has 11 heteroatoms. The summed E-state index contributed by atoms with van der Waals surface area (Å²) in [4.78, 5) is 6.23. The second-order valence-electron chi connectivity index (χ2n) is 7.80. The summed E-state index contributed by atoms with van der Waals surface area (Å²) in [6.07, 6.45) is 4.49. The van der Waals surface area contributed by atoms with E-state index in [0.29, 0.717) is 25.4 Å². The third-order valence-corrected chi connectivity index (χ3v) is 5.45. The molecular formula is C24H22F2N6O3. The number of pyridine rings is 1. The van der Waals surface area contributed by atoms with Crippen LogP contribution in [-0.2, 0) is 11.3 Å². The van der Waals surface area contributed by atoms with Gasteiger partial charge >= 0.3 is 6.61 Å². The van der Waals surface area contributed by atoms with Crippen molar-refractivity contribution in [2.75, 3.05) is 11.5 Å². The van der Waals surface area contributed by atoms with Crippen molar-refractivity contribution >= 4 is 11.4 Å². The van der Waals surface area contributed by atoms with Gasteiger partial charge in [-0.15, -0.1) is 10.2 Å². The molecule has 5 rings (SSSR count). The van der Waals surface area contributed by atoms with E-state index in [2.05, 4.69) is 25.6 Å². The Labute approximate surface area is 199 Å². The maximum Gasteiger partial charge on any atom is 0.387 e. The van der Waals surface area contributed by atoms with Crippen molar-refractivity contribution in [2.45, 2.75) is 32.3 Å². The number of aromatic nitrogens is 5. The molecule has 0 radical (unpaired) electrons. The zero-order chi connectivity index (χ0) is 24.0. The van der Waals surface area contributed by atoms with Crippen LogP contribution in [0.2, 0.25) is 0 Å². The van der Waals surface area contributed by atoms with Gasteiger partial charge in [0.15, 0.2) is 17.8 Å². The topological polar surface area (TPSA) is 98.3 Å². The number of alkyl halides is 2. The molecule has 0 saturated carbocycles. The van der Waals surface area contributed by atoms with Gasteiger partial charge in [0.1, 0.15) is 0 Å². The van der Waals surface area contributed by atoms with Gasteiger partial charge in [-0.25, -0.2) is 0 Å². The molecule has 1 aliphatic heterocycles. The van der Waals surface area contributed by atoms with Crippen LogP contribution in [0.5, 0.6) is 11.5 Å². The predicted molar refractivity (Wildman–Crippen MR) is 122 cm³/mol. The Morgan fingerprint density at radius 3 is 2.63 bits per heavy atom. The van der Waals surface area contributed by atoms with Crippen LogP contribution in [0.3, 0.4) is 0 Å². The number of tetrazole rings is 1. The molecule has 3 heterocycles. The molecule has 180 valence electrons. The molecule has 9 nitrogen and oxygen atoms in total. The SMILES string of the molecule is FC(F)Oc1ccc(N(Cc2cccnc2)c2ccc(-c3nn[nH]n3)cc2)cc1OC1CCCO1. The number of nitrogens with one attached hydrogen (secondary N) is 1. The van der Waals surface area contributed by atoms with E-state index in [1.807, 2.05) is 41.3 Å². The van der Waals surface area contributed by atoms with Crippen LogP contribution in [0, 0.1) is 0 Å². The highest BCUT2D eigenvalue weighted by Gasteiger charge is 2.22. The van der Waals surface area contributed by atoms with Gasteiger partial charge in [-0.1, -0.05) is 6.07 Å². The third-order valence-electron chi connectivity index (χ3n) is 5.45. The molecule has 1 aliphatic rings. The average Bonchev–Trinajstić information content (AvgIpc) is 3.59. The van der Waals surface area contributed by atoms with Crippen molar-refractivity contribution in [3.63, 3.8) is 0 Å². The number of rotatable bonds is 9. The Hall–Kier alpha value is -4.12. The Kier molecular flexibility index (Phi) is 6.75. The van der Waals surface area contributed by atoms with Crippen LogP contribution in [0.4, 0.5) is 20.2 Å². The predicted octanol–water partition coefficient (Wildman–Crippen LogP) is 4.72. The lowest BCUT2D eigenvalue weighted by atomic mass is 10.1. The molecule has 2 aromatic carbocycles. The maximum atomic E-state index is 13.0. The number of nitrogens with zero attached hydrogens (tertiary/aromatic N) is 5. The maximum absolute atomic E-state index is 13.0. The minimum atomic E-state index is -2.98. The van der Waals surface area contributed by atoms with Crippen LogP contribution >= 0.6 is 0 Å². The van der Waals surface area contributed by atoms with E-state index in [-0.39, 0.29) is 11.5 Å². The highest BCUT2D eigenvalue weighted by molar-refractivity contribution is 5.69. The third kappa shape index (κ3) is 5.52. The minimum Gasteiger partial charge on any atom is -0.461 e. The highest BCUT2D eigenvalue weighted by Crippen LogP contribution is 2.38. The number of ether oxygens (including phenoxy) is 3. The van der Waals surface area contributed by atoms with Gasteiger partial charge in [0.05, 0.1) is 6.61 Å². The van der Waals surface area contributed by atoms with E-state index in [1.54, 1.807) is 24.5 Å². The van der Waals surface area contributed by atoms with Crippen molar-refractivity contribution in [1.82, 2.24) is 25.6 Å². The lowest BCUT2D eigenvalue weighted by Crippen LogP contribution is -2.18. The second-order valence-corrected chi connectivity index (χ2v) is 7.80. The summed E-state index contributed by atoms with van der Waals surface area (Å²) in [5.41, 5.74) is 3.33. The number of benzene rings is 2. The molecule has 1 atom stereocenters. The number of H-pyrrole nitrogens is 1. The van der Waals surface area contributed by atoms with E-state index in [1.165, 1.54) is 6.07 Å². The van der Waals surface area contributed by atoms with Gasteiger partial charge in [0.2, 0.25) is 5.82 Å². The van der Waals surface area contributed by atoms with E-state index >= 15 is 0 Å². The lowest BCUT2D eigenvalue weighted by molar-refractivity contribution is -0.0632. The van der Waals surface area contributed by atoms with Gasteiger partial charge in [0, 0.05) is 48.4 Å². The standard InChI is InChI=1S/C24H22F2N6O3/c25-24(26)35-20-10-9-19(13-21(20)34-22-4-2-12-33-22)32(15-16-3-1-11-27-14-16)18-7-5-17(6-8-18)23-28-30-31-29-23/h1,3,5-11,13-14,22,24H,2,4,12,15H2,(H,28,29,30,31). The van der Waals surface area contributed by atoms with E-state index in [4.69, 9.17) is 14.2 Å². The molecule has 1 saturated heterocycles. The molecule has 0 spiro atoms. The fourth-order valence-electron chi connectivity index (χ4n) is 3.81. The van der Waals surface area contributed by atoms with E-state index in [9.17, 15) is 8.78 Å². The number of aromatic amines is 1. The van der Waals surface area contributed by atoms with E-state index < -0.39 is 12.9 Å². The first-order valence-electron chi connectivity index (χ1n) is 11.0. The number of hydrogen-bond acceptors (Lipinski definition) is 8. The summed E-state index contributed by atoms with van der Waals surface area (Å²) in [6, 6.07) is 16.3. The van der Waals surface area contributed by atoms with Crippen LogP contribution < -0.4 is 14.4 Å². The van der Waals surface area contributed by atoms with Crippen LogP contribution in [-0.4, -0.2) is 45.1 Å². The Bertz CT molecular complexity index is 1220. The smallest absolute Gasteiger partial charge is 0.387 e. The van der Waals surface area contributed by atoms with Crippen LogP contribution in [0.15, 0.2) is 67.0 Å². The van der Waals surface area contributed by atoms with Crippen LogP contribution in [0.1, 0.15) is 18.4 Å². The van der Waals surface area contributed by atoms with Gasteiger partial charge in [-0.2, -0.15) is 14.0 Å². The summed E-state index contributed by atoms with van der Waals surface area (Å²) >= 11 is 0. The van der Waals surface area contributed by atoms with Gasteiger partial charge in [-0.3, -0.25) is 4.98 Å². The van der Waals surface area contributed by atoms with Crippen molar-refractivity contribution < 1.29 is 23.0 Å². The Morgan fingerprint density at radius 1 is 1.09 bits per heavy atom. The molecule has 35 heavy (non-hydrogen) atoms. The first kappa shape index (κ1) is 22.7. The number of anilines is 2. The van der Waals surface area contributed by atoms with Crippen molar-refractivity contribution in [3.05, 3.63) is 72.6 Å². The van der Waals surface area contributed by atoms with Crippen molar-refractivity contribution in [3.8, 4) is 22.9 Å². The molecule has 4 aromatic rings. The summed E-state index contributed by atoms with van der Waals surface area (Å²) in [5.74, 6) is 0.624. The zero-order valence-corrected chi connectivity index (χ0v) is 18.6. The van der Waals surface area contributed by atoms with Crippen molar-refractivity contribution in [1.29, 1.82) is 0 Å². The molecule has 1 fully saturated rings. The second kappa shape index (κ2) is 10.4. The summed E-state index contributed by atoms with van der Waals surface area (Å²) in [5, 5.41) is 14.1. The average molecular weight is 480 g/mol. The monoisotopic (exact) mass is 480 g/mol. The normalized spacial score (nSPS) is 15.3. The summed E-state index contributed by atoms with van der Waals surface area (Å²) < 4.78 is 42.2. The Balaban J connectivity index is 1.51. The quantitative estimate of drug-likeness (QED) is 0.368. The molecule has 0 aliphatic carbocycles. The van der Waals surface area contributed by atoms with Gasteiger partial charge in [-0.05, 0) is 59.7 Å².